The van der Waals surface area contributed by atoms with Gasteiger partial charge in [-0.15, -0.1) is 0 Å². The van der Waals surface area contributed by atoms with Crippen LogP contribution >= 0.6 is 0 Å². The van der Waals surface area contributed by atoms with Gasteiger partial charge in [0.15, 0.2) is 0 Å². The van der Waals surface area contributed by atoms with Crippen LogP contribution in [-0.2, 0) is 6.42 Å². The average molecular weight is 238 g/mol. The number of hydrogen-bond donors (Lipinski definition) is 1. The maximum absolute atomic E-state index is 4.20. The minimum atomic E-state index is 0.583. The SMILES string of the molecule is CC1CNCCc2ccc(-c3cccnc3)cc21. The molecule has 1 aromatic heterocycles. The number of nitrogens with one attached hydrogen (secondary N) is 1. The molecule has 1 aliphatic heterocycles. The van der Waals surface area contributed by atoms with Crippen LogP contribution in [0.25, 0.3) is 11.1 Å². The van der Waals surface area contributed by atoms with Crippen molar-refractivity contribution in [3.8, 4) is 11.1 Å². The van der Waals surface area contributed by atoms with E-state index in [-0.39, 0.29) is 0 Å². The fourth-order valence-electron chi connectivity index (χ4n) is 2.65. The Balaban J connectivity index is 2.04. The fraction of sp³-hybridized carbons (Fsp3) is 0.312. The Morgan fingerprint density at radius 3 is 3.00 bits per heavy atom. The van der Waals surface area contributed by atoms with E-state index in [4.69, 9.17) is 0 Å². The maximum atomic E-state index is 4.20. The predicted octanol–water partition coefficient (Wildman–Crippen LogP) is 3.00. The number of benzene rings is 1. The number of pyridine rings is 1. The molecule has 0 aliphatic carbocycles. The Kier molecular flexibility index (Phi) is 3.11. The molecule has 3 rings (SSSR count). The molecule has 2 aromatic rings. The Labute approximate surface area is 108 Å². The molecule has 1 aliphatic rings. The van der Waals surface area contributed by atoms with E-state index in [0.717, 1.165) is 19.5 Å². The number of hydrogen-bond acceptors (Lipinski definition) is 2. The first-order valence-electron chi connectivity index (χ1n) is 6.58. The van der Waals surface area contributed by atoms with Crippen molar-refractivity contribution >= 4 is 0 Å². The van der Waals surface area contributed by atoms with Crippen LogP contribution in [-0.4, -0.2) is 18.1 Å². The minimum Gasteiger partial charge on any atom is -0.316 e. The Morgan fingerprint density at radius 2 is 2.17 bits per heavy atom. The van der Waals surface area contributed by atoms with Gasteiger partial charge in [0.1, 0.15) is 0 Å². The standard InChI is InChI=1S/C16H18N2/c1-12-10-18-8-6-13-4-5-14(9-16(12)13)15-3-2-7-17-11-15/h2-5,7,9,11-12,18H,6,8,10H2,1H3. The molecule has 2 heteroatoms. The maximum Gasteiger partial charge on any atom is 0.0346 e. The van der Waals surface area contributed by atoms with Gasteiger partial charge in [-0.25, -0.2) is 0 Å². The second-order valence-corrected chi connectivity index (χ2v) is 5.01. The van der Waals surface area contributed by atoms with Crippen LogP contribution in [0.2, 0.25) is 0 Å². The molecular formula is C16H18N2. The van der Waals surface area contributed by atoms with Gasteiger partial charge in [0.2, 0.25) is 0 Å². The second-order valence-electron chi connectivity index (χ2n) is 5.01. The van der Waals surface area contributed by atoms with Crippen LogP contribution in [0.4, 0.5) is 0 Å². The molecule has 0 spiro atoms. The molecule has 1 atom stereocenters. The van der Waals surface area contributed by atoms with E-state index in [1.165, 1.54) is 22.3 Å². The summed E-state index contributed by atoms with van der Waals surface area (Å²) in [6.45, 7) is 4.46. The van der Waals surface area contributed by atoms with Crippen LogP contribution in [0.1, 0.15) is 24.0 Å². The molecule has 0 bridgehead atoms. The zero-order chi connectivity index (χ0) is 12.4. The number of nitrogens with zero attached hydrogens (tertiary/aromatic N) is 1. The Hall–Kier alpha value is -1.67. The lowest BCUT2D eigenvalue weighted by Gasteiger charge is -2.14. The van der Waals surface area contributed by atoms with Gasteiger partial charge in [-0.1, -0.05) is 31.2 Å². The van der Waals surface area contributed by atoms with Gasteiger partial charge >= 0.3 is 0 Å². The predicted molar refractivity (Wildman–Crippen MR) is 74.7 cm³/mol. The highest BCUT2D eigenvalue weighted by molar-refractivity contribution is 5.64. The zero-order valence-corrected chi connectivity index (χ0v) is 10.7. The smallest absolute Gasteiger partial charge is 0.0346 e. The van der Waals surface area contributed by atoms with Crippen LogP contribution in [0, 0.1) is 0 Å². The minimum absolute atomic E-state index is 0.583. The quantitative estimate of drug-likeness (QED) is 0.826. The average Bonchev–Trinajstić information content (AvgIpc) is 2.62. The first-order valence-corrected chi connectivity index (χ1v) is 6.58. The molecule has 0 saturated heterocycles. The molecule has 0 amide bonds. The highest BCUT2D eigenvalue weighted by Gasteiger charge is 2.15. The monoisotopic (exact) mass is 238 g/mol. The van der Waals surface area contributed by atoms with Gasteiger partial charge in [-0.05, 0) is 47.2 Å². The van der Waals surface area contributed by atoms with Crippen LogP contribution in [0.3, 0.4) is 0 Å². The summed E-state index contributed by atoms with van der Waals surface area (Å²) in [6.07, 6.45) is 4.88. The molecule has 2 heterocycles. The molecule has 0 radical (unpaired) electrons. The van der Waals surface area contributed by atoms with Gasteiger partial charge in [0, 0.05) is 18.9 Å². The van der Waals surface area contributed by atoms with Crippen molar-refractivity contribution in [3.05, 3.63) is 53.9 Å². The zero-order valence-electron chi connectivity index (χ0n) is 10.7. The molecule has 1 N–H and O–H groups in total. The van der Waals surface area contributed by atoms with Crippen LogP contribution < -0.4 is 5.32 Å². The molecule has 0 saturated carbocycles. The third kappa shape index (κ3) is 2.16. The molecule has 0 fully saturated rings. The first-order chi connectivity index (χ1) is 8.84. The molecular weight excluding hydrogens is 220 g/mol. The van der Waals surface area contributed by atoms with Crippen molar-refractivity contribution in [2.24, 2.45) is 0 Å². The van der Waals surface area contributed by atoms with Gasteiger partial charge in [-0.3, -0.25) is 4.98 Å². The summed E-state index contributed by atoms with van der Waals surface area (Å²) in [5, 5.41) is 3.49. The summed E-state index contributed by atoms with van der Waals surface area (Å²) in [4.78, 5) is 4.20. The van der Waals surface area contributed by atoms with E-state index < -0.39 is 0 Å². The van der Waals surface area contributed by atoms with E-state index in [1.807, 2.05) is 18.5 Å². The van der Waals surface area contributed by atoms with Gasteiger partial charge in [-0.2, -0.15) is 0 Å². The van der Waals surface area contributed by atoms with E-state index >= 15 is 0 Å². The number of fused-ring (bicyclic) bond motifs is 1. The third-order valence-corrected chi connectivity index (χ3v) is 3.69. The first kappa shape index (κ1) is 11.4. The van der Waals surface area contributed by atoms with Crippen molar-refractivity contribution in [3.63, 3.8) is 0 Å². The van der Waals surface area contributed by atoms with Crippen LogP contribution in [0.5, 0.6) is 0 Å². The lowest BCUT2D eigenvalue weighted by molar-refractivity contribution is 0.644. The summed E-state index contributed by atoms with van der Waals surface area (Å²) in [5.74, 6) is 0.583. The summed E-state index contributed by atoms with van der Waals surface area (Å²) < 4.78 is 0. The topological polar surface area (TPSA) is 24.9 Å². The van der Waals surface area contributed by atoms with E-state index in [0.29, 0.717) is 5.92 Å². The summed E-state index contributed by atoms with van der Waals surface area (Å²) >= 11 is 0. The lowest BCUT2D eigenvalue weighted by atomic mass is 9.92. The van der Waals surface area contributed by atoms with E-state index in [2.05, 4.69) is 41.5 Å². The van der Waals surface area contributed by atoms with Gasteiger partial charge < -0.3 is 5.32 Å². The molecule has 1 aromatic carbocycles. The molecule has 92 valence electrons. The van der Waals surface area contributed by atoms with Crippen LogP contribution in [0.15, 0.2) is 42.7 Å². The Bertz CT molecular complexity index is 534. The largest absolute Gasteiger partial charge is 0.316 e. The van der Waals surface area contributed by atoms with Gasteiger partial charge in [0.05, 0.1) is 0 Å². The molecule has 18 heavy (non-hydrogen) atoms. The van der Waals surface area contributed by atoms with E-state index in [1.54, 1.807) is 0 Å². The molecule has 2 nitrogen and oxygen atoms in total. The third-order valence-electron chi connectivity index (χ3n) is 3.69. The van der Waals surface area contributed by atoms with Crippen molar-refractivity contribution < 1.29 is 0 Å². The lowest BCUT2D eigenvalue weighted by Crippen LogP contribution is -2.18. The van der Waals surface area contributed by atoms with E-state index in [9.17, 15) is 0 Å². The second kappa shape index (κ2) is 4.91. The highest BCUT2D eigenvalue weighted by atomic mass is 14.9. The van der Waals surface area contributed by atoms with Crippen molar-refractivity contribution in [1.29, 1.82) is 0 Å². The van der Waals surface area contributed by atoms with Crippen molar-refractivity contribution in [2.75, 3.05) is 13.1 Å². The summed E-state index contributed by atoms with van der Waals surface area (Å²) in [6, 6.07) is 10.9. The number of rotatable bonds is 1. The molecule has 1 unspecified atom stereocenters. The van der Waals surface area contributed by atoms with Gasteiger partial charge in [0.25, 0.3) is 0 Å². The summed E-state index contributed by atoms with van der Waals surface area (Å²) in [7, 11) is 0. The highest BCUT2D eigenvalue weighted by Crippen LogP contribution is 2.28. The summed E-state index contributed by atoms with van der Waals surface area (Å²) in [5.41, 5.74) is 5.45. The van der Waals surface area contributed by atoms with Crippen molar-refractivity contribution in [2.45, 2.75) is 19.3 Å². The Morgan fingerprint density at radius 1 is 1.22 bits per heavy atom. The number of aromatic nitrogens is 1. The normalized spacial score (nSPS) is 19.1. The fourth-order valence-corrected chi connectivity index (χ4v) is 2.65. The van der Waals surface area contributed by atoms with Crippen molar-refractivity contribution in [1.82, 2.24) is 10.3 Å².